The van der Waals surface area contributed by atoms with Crippen LogP contribution in [0, 0.1) is 5.92 Å². The molecule has 20 heavy (non-hydrogen) atoms. The van der Waals surface area contributed by atoms with E-state index < -0.39 is 0 Å². The Bertz CT molecular complexity index is 424. The first kappa shape index (κ1) is 14.9. The van der Waals surface area contributed by atoms with E-state index in [1.165, 1.54) is 0 Å². The van der Waals surface area contributed by atoms with Crippen molar-refractivity contribution in [2.45, 2.75) is 32.4 Å². The second-order valence-corrected chi connectivity index (χ2v) is 5.22. The monoisotopic (exact) mass is 277 g/mol. The lowest BCUT2D eigenvalue weighted by Crippen LogP contribution is -2.44. The van der Waals surface area contributed by atoms with Gasteiger partial charge in [0.1, 0.15) is 0 Å². The van der Waals surface area contributed by atoms with Gasteiger partial charge in [0.05, 0.1) is 25.2 Å². The highest BCUT2D eigenvalue weighted by molar-refractivity contribution is 5.80. The Labute approximate surface area is 120 Å². The van der Waals surface area contributed by atoms with E-state index >= 15 is 0 Å². The minimum atomic E-state index is -0.110. The molecule has 3 atom stereocenters. The number of hydrogen-bond acceptors (Lipinski definition) is 4. The Morgan fingerprint density at radius 3 is 3.10 bits per heavy atom. The Hall–Kier alpha value is -1.46. The first-order valence-corrected chi connectivity index (χ1v) is 7.23. The molecule has 1 aliphatic heterocycles. The third-order valence-corrected chi connectivity index (χ3v) is 3.62. The van der Waals surface area contributed by atoms with E-state index in [0.29, 0.717) is 13.2 Å². The number of hydrogen-bond donors (Lipinski definition) is 2. The molecule has 5 nitrogen and oxygen atoms in total. The zero-order chi connectivity index (χ0) is 14.4. The van der Waals surface area contributed by atoms with Crippen molar-refractivity contribution in [3.63, 3.8) is 0 Å². The van der Waals surface area contributed by atoms with Crippen LogP contribution in [-0.4, -0.2) is 36.7 Å². The summed E-state index contributed by atoms with van der Waals surface area (Å²) >= 11 is 0. The lowest BCUT2D eigenvalue weighted by atomic mass is 10.0. The SMILES string of the molecule is CCCNC1COCC1C(=O)NC(C)c1cccnc1. The van der Waals surface area contributed by atoms with Crippen molar-refractivity contribution in [3.8, 4) is 0 Å². The van der Waals surface area contributed by atoms with Gasteiger partial charge >= 0.3 is 0 Å². The average Bonchev–Trinajstić information content (AvgIpc) is 2.94. The number of rotatable bonds is 6. The van der Waals surface area contributed by atoms with E-state index in [9.17, 15) is 4.79 Å². The van der Waals surface area contributed by atoms with Crippen molar-refractivity contribution in [1.29, 1.82) is 0 Å². The summed E-state index contributed by atoms with van der Waals surface area (Å²) in [5.74, 6) is -0.0619. The second kappa shape index (κ2) is 7.36. The minimum absolute atomic E-state index is 0.0383. The number of carbonyl (C=O) groups excluding carboxylic acids is 1. The van der Waals surface area contributed by atoms with Gasteiger partial charge < -0.3 is 15.4 Å². The molecule has 3 unspecified atom stereocenters. The molecule has 1 amide bonds. The summed E-state index contributed by atoms with van der Waals surface area (Å²) < 4.78 is 5.44. The molecule has 1 saturated heterocycles. The van der Waals surface area contributed by atoms with Gasteiger partial charge in [-0.2, -0.15) is 0 Å². The third kappa shape index (κ3) is 3.77. The number of nitrogens with one attached hydrogen (secondary N) is 2. The van der Waals surface area contributed by atoms with Crippen molar-refractivity contribution >= 4 is 5.91 Å². The largest absolute Gasteiger partial charge is 0.379 e. The first-order valence-electron chi connectivity index (χ1n) is 7.23. The molecule has 0 saturated carbocycles. The van der Waals surface area contributed by atoms with Crippen LogP contribution in [0.3, 0.4) is 0 Å². The maximum absolute atomic E-state index is 12.4. The van der Waals surface area contributed by atoms with Gasteiger partial charge in [0.25, 0.3) is 0 Å². The van der Waals surface area contributed by atoms with Crippen molar-refractivity contribution in [2.75, 3.05) is 19.8 Å². The molecule has 2 heterocycles. The predicted octanol–water partition coefficient (Wildman–Crippen LogP) is 1.27. The second-order valence-electron chi connectivity index (χ2n) is 5.22. The van der Waals surface area contributed by atoms with Crippen molar-refractivity contribution < 1.29 is 9.53 Å². The van der Waals surface area contributed by atoms with Crippen molar-refractivity contribution in [1.82, 2.24) is 15.6 Å². The molecular formula is C15H23N3O2. The molecule has 2 N–H and O–H groups in total. The lowest BCUT2D eigenvalue weighted by Gasteiger charge is -2.21. The van der Waals surface area contributed by atoms with Crippen LogP contribution >= 0.6 is 0 Å². The highest BCUT2D eigenvalue weighted by atomic mass is 16.5. The molecule has 0 radical (unpaired) electrons. The summed E-state index contributed by atoms with van der Waals surface area (Å²) in [6.45, 7) is 6.10. The summed E-state index contributed by atoms with van der Waals surface area (Å²) in [5, 5.41) is 6.42. The van der Waals surface area contributed by atoms with Crippen LogP contribution in [0.25, 0.3) is 0 Å². The molecule has 110 valence electrons. The standard InChI is InChI=1S/C15H23N3O2/c1-3-6-17-14-10-20-9-13(14)15(19)18-11(2)12-5-4-7-16-8-12/h4-5,7-8,11,13-14,17H,3,6,9-10H2,1-2H3,(H,18,19). The van der Waals surface area contributed by atoms with E-state index in [4.69, 9.17) is 4.74 Å². The van der Waals surface area contributed by atoms with Crippen LogP contribution in [-0.2, 0) is 9.53 Å². The molecule has 0 spiro atoms. The average molecular weight is 277 g/mol. The predicted molar refractivity (Wildman–Crippen MR) is 77.2 cm³/mol. The Morgan fingerprint density at radius 1 is 1.55 bits per heavy atom. The molecule has 1 aromatic rings. The topological polar surface area (TPSA) is 63.2 Å². The van der Waals surface area contributed by atoms with Gasteiger partial charge in [-0.15, -0.1) is 0 Å². The Balaban J connectivity index is 1.90. The fraction of sp³-hybridized carbons (Fsp3) is 0.600. The van der Waals surface area contributed by atoms with E-state index in [2.05, 4.69) is 22.5 Å². The van der Waals surface area contributed by atoms with E-state index in [1.54, 1.807) is 12.4 Å². The summed E-state index contributed by atoms with van der Waals surface area (Å²) in [5.41, 5.74) is 1.01. The summed E-state index contributed by atoms with van der Waals surface area (Å²) in [4.78, 5) is 16.4. The maximum Gasteiger partial charge on any atom is 0.227 e. The van der Waals surface area contributed by atoms with Gasteiger partial charge in [0, 0.05) is 18.4 Å². The summed E-state index contributed by atoms with van der Waals surface area (Å²) in [6.07, 6.45) is 4.56. The van der Waals surface area contributed by atoms with E-state index in [1.807, 2.05) is 19.1 Å². The molecule has 0 aliphatic carbocycles. The van der Waals surface area contributed by atoms with Gasteiger partial charge in [0.15, 0.2) is 0 Å². The number of nitrogens with zero attached hydrogens (tertiary/aromatic N) is 1. The number of aromatic nitrogens is 1. The van der Waals surface area contributed by atoms with Gasteiger partial charge in [-0.05, 0) is 31.5 Å². The first-order chi connectivity index (χ1) is 9.72. The summed E-state index contributed by atoms with van der Waals surface area (Å²) in [7, 11) is 0. The molecule has 5 heteroatoms. The Morgan fingerprint density at radius 2 is 2.40 bits per heavy atom. The molecule has 0 aromatic carbocycles. The lowest BCUT2D eigenvalue weighted by molar-refractivity contribution is -0.126. The molecular weight excluding hydrogens is 254 g/mol. The fourth-order valence-electron chi connectivity index (χ4n) is 2.38. The van der Waals surface area contributed by atoms with Crippen molar-refractivity contribution in [3.05, 3.63) is 30.1 Å². The number of ether oxygens (including phenoxy) is 1. The van der Waals surface area contributed by atoms with Gasteiger partial charge in [0.2, 0.25) is 5.91 Å². The van der Waals surface area contributed by atoms with Crippen LogP contribution in [0.5, 0.6) is 0 Å². The normalized spacial score (nSPS) is 23.5. The van der Waals surface area contributed by atoms with Crippen molar-refractivity contribution in [2.24, 2.45) is 5.92 Å². The molecule has 1 fully saturated rings. The highest BCUT2D eigenvalue weighted by Gasteiger charge is 2.34. The fourth-order valence-corrected chi connectivity index (χ4v) is 2.38. The maximum atomic E-state index is 12.4. The quantitative estimate of drug-likeness (QED) is 0.822. The van der Waals surface area contributed by atoms with Gasteiger partial charge in [-0.1, -0.05) is 13.0 Å². The third-order valence-electron chi connectivity index (χ3n) is 3.62. The Kier molecular flexibility index (Phi) is 5.49. The van der Waals surface area contributed by atoms with E-state index in [0.717, 1.165) is 18.5 Å². The minimum Gasteiger partial charge on any atom is -0.379 e. The van der Waals surface area contributed by atoms with Gasteiger partial charge in [-0.3, -0.25) is 9.78 Å². The molecule has 1 aliphatic rings. The van der Waals surface area contributed by atoms with Crippen LogP contribution in [0.2, 0.25) is 0 Å². The molecule has 1 aromatic heterocycles. The molecule has 0 bridgehead atoms. The molecule has 2 rings (SSSR count). The zero-order valence-corrected chi connectivity index (χ0v) is 12.1. The van der Waals surface area contributed by atoms with E-state index in [-0.39, 0.29) is 23.9 Å². The van der Waals surface area contributed by atoms with Crippen LogP contribution in [0.1, 0.15) is 31.9 Å². The highest BCUT2D eigenvalue weighted by Crippen LogP contribution is 2.17. The van der Waals surface area contributed by atoms with Gasteiger partial charge in [-0.25, -0.2) is 0 Å². The van der Waals surface area contributed by atoms with Crippen LogP contribution < -0.4 is 10.6 Å². The summed E-state index contributed by atoms with van der Waals surface area (Å²) in [6, 6.07) is 3.93. The number of amides is 1. The van der Waals surface area contributed by atoms with Crippen LogP contribution in [0.15, 0.2) is 24.5 Å². The zero-order valence-electron chi connectivity index (χ0n) is 12.1. The van der Waals surface area contributed by atoms with Crippen LogP contribution in [0.4, 0.5) is 0 Å². The number of pyridine rings is 1. The smallest absolute Gasteiger partial charge is 0.227 e. The number of carbonyl (C=O) groups is 1.